The van der Waals surface area contributed by atoms with E-state index in [0.717, 1.165) is 8.66 Å². The molecule has 108 valence electrons. The Hall–Kier alpha value is -1.18. The monoisotopic (exact) mass is 359 g/mol. The van der Waals surface area contributed by atoms with Gasteiger partial charge in [0.25, 0.3) is 0 Å². The lowest BCUT2D eigenvalue weighted by molar-refractivity contribution is -0.145. The third kappa shape index (κ3) is 4.43. The first-order chi connectivity index (χ1) is 9.54. The Labute approximate surface area is 129 Å². The van der Waals surface area contributed by atoms with Crippen LogP contribution in [-0.4, -0.2) is 47.7 Å². The molecule has 1 aliphatic rings. The smallest absolute Gasteiger partial charge is 0.306 e. The van der Waals surface area contributed by atoms with Gasteiger partial charge >= 0.3 is 5.97 Å². The van der Waals surface area contributed by atoms with Crippen molar-refractivity contribution in [1.29, 1.82) is 0 Å². The molecule has 1 aromatic heterocycles. The fourth-order valence-electron chi connectivity index (χ4n) is 1.91. The Morgan fingerprint density at radius 3 is 3.00 bits per heavy atom. The molecule has 0 saturated carbocycles. The van der Waals surface area contributed by atoms with Crippen molar-refractivity contribution in [3.63, 3.8) is 0 Å². The molecule has 1 N–H and O–H groups in total. The molecule has 1 aromatic rings. The standard InChI is InChI=1S/C13H14BrNO4S/c14-11-3-1-10(20-11)2-4-12(16)15-5-6-19-9(8-15)7-13(17)18/h1-4,9H,5-8H2,(H,17,18)/b4-2-/t9-/m0/s1. The van der Waals surface area contributed by atoms with Crippen LogP contribution in [0.1, 0.15) is 11.3 Å². The summed E-state index contributed by atoms with van der Waals surface area (Å²) in [5.41, 5.74) is 0. The molecule has 2 rings (SSSR count). The molecule has 1 amide bonds. The summed E-state index contributed by atoms with van der Waals surface area (Å²) in [6.45, 7) is 1.19. The van der Waals surface area contributed by atoms with Crippen LogP contribution in [-0.2, 0) is 14.3 Å². The Bertz CT molecular complexity index is 528. The molecular weight excluding hydrogens is 346 g/mol. The average Bonchev–Trinajstić information content (AvgIpc) is 2.81. The van der Waals surface area contributed by atoms with Gasteiger partial charge < -0.3 is 14.7 Å². The first-order valence-electron chi connectivity index (χ1n) is 6.10. The maximum Gasteiger partial charge on any atom is 0.306 e. The van der Waals surface area contributed by atoms with E-state index in [4.69, 9.17) is 9.84 Å². The number of carbonyl (C=O) groups excluding carboxylic acids is 1. The molecule has 5 nitrogen and oxygen atoms in total. The van der Waals surface area contributed by atoms with E-state index in [1.165, 1.54) is 6.08 Å². The van der Waals surface area contributed by atoms with Crippen LogP contribution in [0, 0.1) is 0 Å². The van der Waals surface area contributed by atoms with Crippen molar-refractivity contribution in [1.82, 2.24) is 4.90 Å². The number of carboxylic acids is 1. The molecule has 0 aliphatic carbocycles. The number of morpholine rings is 1. The van der Waals surface area contributed by atoms with Crippen molar-refractivity contribution in [3.05, 3.63) is 26.9 Å². The molecule has 1 fully saturated rings. The highest BCUT2D eigenvalue weighted by Gasteiger charge is 2.24. The minimum Gasteiger partial charge on any atom is -0.481 e. The summed E-state index contributed by atoms with van der Waals surface area (Å²) in [7, 11) is 0. The van der Waals surface area contributed by atoms with Gasteiger partial charge in [0.2, 0.25) is 5.91 Å². The third-order valence-electron chi connectivity index (χ3n) is 2.84. The number of hydrogen-bond donors (Lipinski definition) is 1. The number of carboxylic acid groups (broad SMARTS) is 1. The van der Waals surface area contributed by atoms with Crippen LogP contribution < -0.4 is 0 Å². The molecule has 1 atom stereocenters. The summed E-state index contributed by atoms with van der Waals surface area (Å²) in [5.74, 6) is -1.03. The summed E-state index contributed by atoms with van der Waals surface area (Å²) in [4.78, 5) is 25.3. The highest BCUT2D eigenvalue weighted by atomic mass is 79.9. The maximum absolute atomic E-state index is 12.0. The lowest BCUT2D eigenvalue weighted by Gasteiger charge is -2.31. The number of nitrogens with zero attached hydrogens (tertiary/aromatic N) is 1. The third-order valence-corrected chi connectivity index (χ3v) is 4.43. The summed E-state index contributed by atoms with van der Waals surface area (Å²) in [5, 5.41) is 8.74. The highest BCUT2D eigenvalue weighted by molar-refractivity contribution is 9.11. The Kier molecular flexibility index (Phi) is 5.33. The SMILES string of the molecule is O=C(O)C[C@H]1CN(C(=O)/C=C\c2ccc(Br)s2)CCO1. The number of aliphatic carboxylic acids is 1. The zero-order chi connectivity index (χ0) is 14.5. The number of ether oxygens (including phenoxy) is 1. The van der Waals surface area contributed by atoms with Crippen LogP contribution in [0.5, 0.6) is 0 Å². The summed E-state index contributed by atoms with van der Waals surface area (Å²) in [6.07, 6.45) is 2.78. The first-order valence-corrected chi connectivity index (χ1v) is 7.71. The summed E-state index contributed by atoms with van der Waals surface area (Å²) in [6, 6.07) is 3.84. The van der Waals surface area contributed by atoms with Gasteiger partial charge in [0.05, 0.1) is 22.9 Å². The number of carbonyl (C=O) groups is 2. The molecule has 0 aromatic carbocycles. The van der Waals surface area contributed by atoms with Crippen LogP contribution in [0.4, 0.5) is 0 Å². The molecule has 7 heteroatoms. The number of hydrogen-bond acceptors (Lipinski definition) is 4. The van der Waals surface area contributed by atoms with Gasteiger partial charge in [0.15, 0.2) is 0 Å². The lowest BCUT2D eigenvalue weighted by Crippen LogP contribution is -2.45. The molecular formula is C13H14BrNO4S. The number of thiophene rings is 1. The quantitative estimate of drug-likeness (QED) is 0.837. The topological polar surface area (TPSA) is 66.8 Å². The molecule has 20 heavy (non-hydrogen) atoms. The van der Waals surface area contributed by atoms with E-state index in [2.05, 4.69) is 15.9 Å². The van der Waals surface area contributed by atoms with E-state index in [1.54, 1.807) is 22.3 Å². The van der Waals surface area contributed by atoms with Crippen LogP contribution in [0.2, 0.25) is 0 Å². The first kappa shape index (κ1) is 15.2. The number of rotatable bonds is 4. The van der Waals surface area contributed by atoms with E-state index < -0.39 is 12.1 Å². The van der Waals surface area contributed by atoms with E-state index in [9.17, 15) is 9.59 Å². The van der Waals surface area contributed by atoms with Gasteiger partial charge in [-0.25, -0.2) is 0 Å². The van der Waals surface area contributed by atoms with Crippen LogP contribution in [0.15, 0.2) is 22.0 Å². The predicted octanol–water partition coefficient (Wildman–Crippen LogP) is 2.23. The largest absolute Gasteiger partial charge is 0.481 e. The minimum atomic E-state index is -0.914. The second kappa shape index (κ2) is 7.01. The van der Waals surface area contributed by atoms with E-state index >= 15 is 0 Å². The molecule has 2 heterocycles. The van der Waals surface area contributed by atoms with E-state index in [0.29, 0.717) is 19.7 Å². The molecule has 0 radical (unpaired) electrons. The molecule has 1 saturated heterocycles. The van der Waals surface area contributed by atoms with Crippen LogP contribution in [0.25, 0.3) is 6.08 Å². The van der Waals surface area contributed by atoms with Gasteiger partial charge in [-0.3, -0.25) is 9.59 Å². The van der Waals surface area contributed by atoms with Gasteiger partial charge in [-0.1, -0.05) is 0 Å². The summed E-state index contributed by atoms with van der Waals surface area (Å²) >= 11 is 4.91. The lowest BCUT2D eigenvalue weighted by atomic mass is 10.2. The molecule has 0 spiro atoms. The van der Waals surface area contributed by atoms with Crippen LogP contribution in [0.3, 0.4) is 0 Å². The van der Waals surface area contributed by atoms with Gasteiger partial charge in [-0.2, -0.15) is 0 Å². The van der Waals surface area contributed by atoms with E-state index in [-0.39, 0.29) is 12.3 Å². The van der Waals surface area contributed by atoms with Crippen molar-refractivity contribution >= 4 is 45.2 Å². The molecule has 0 unspecified atom stereocenters. The Balaban J connectivity index is 1.91. The van der Waals surface area contributed by atoms with Gasteiger partial charge in [0.1, 0.15) is 0 Å². The van der Waals surface area contributed by atoms with Gasteiger partial charge in [-0.05, 0) is 34.1 Å². The minimum absolute atomic E-state index is 0.0780. The maximum atomic E-state index is 12.0. The normalized spacial score (nSPS) is 19.4. The van der Waals surface area contributed by atoms with Crippen molar-refractivity contribution in [2.24, 2.45) is 0 Å². The highest BCUT2D eigenvalue weighted by Crippen LogP contribution is 2.23. The zero-order valence-electron chi connectivity index (χ0n) is 10.6. The molecule has 1 aliphatic heterocycles. The van der Waals surface area contributed by atoms with Crippen molar-refractivity contribution < 1.29 is 19.4 Å². The fourth-order valence-corrected chi connectivity index (χ4v) is 3.24. The Morgan fingerprint density at radius 2 is 2.35 bits per heavy atom. The van der Waals surface area contributed by atoms with Crippen LogP contribution >= 0.6 is 27.3 Å². The average molecular weight is 360 g/mol. The van der Waals surface area contributed by atoms with Gasteiger partial charge in [0, 0.05) is 24.0 Å². The van der Waals surface area contributed by atoms with Crippen molar-refractivity contribution in [3.8, 4) is 0 Å². The van der Waals surface area contributed by atoms with Crippen molar-refractivity contribution in [2.75, 3.05) is 19.7 Å². The second-order valence-corrected chi connectivity index (χ2v) is 6.84. The van der Waals surface area contributed by atoms with Gasteiger partial charge in [-0.15, -0.1) is 11.3 Å². The fraction of sp³-hybridized carbons (Fsp3) is 0.385. The summed E-state index contributed by atoms with van der Waals surface area (Å²) < 4.78 is 6.34. The van der Waals surface area contributed by atoms with E-state index in [1.807, 2.05) is 12.1 Å². The zero-order valence-corrected chi connectivity index (χ0v) is 13.0. The number of amides is 1. The Morgan fingerprint density at radius 1 is 1.55 bits per heavy atom. The second-order valence-electron chi connectivity index (χ2n) is 4.35. The predicted molar refractivity (Wildman–Crippen MR) is 79.6 cm³/mol. The van der Waals surface area contributed by atoms with Crippen molar-refractivity contribution in [2.45, 2.75) is 12.5 Å². The molecule has 0 bridgehead atoms. The number of halogens is 1.